The van der Waals surface area contributed by atoms with Crippen molar-refractivity contribution in [3.8, 4) is 0 Å². The number of nitrogens with zero attached hydrogens (tertiary/aromatic N) is 2. The van der Waals surface area contributed by atoms with Gasteiger partial charge < -0.3 is 9.80 Å². The fraction of sp³-hybridized carbons (Fsp3) is 0.0588. The number of hydrogen-bond donors (Lipinski definition) is 0. The Balaban J connectivity index is 1.46. The van der Waals surface area contributed by atoms with E-state index in [1.165, 1.54) is 22.4 Å². The summed E-state index contributed by atoms with van der Waals surface area (Å²) in [7, 11) is 0. The highest BCUT2D eigenvalue weighted by Crippen LogP contribution is 2.59. The summed E-state index contributed by atoms with van der Waals surface area (Å²) in [6.07, 6.45) is 4.68. The molecule has 2 unspecified atom stereocenters. The van der Waals surface area contributed by atoms with Gasteiger partial charge >= 0.3 is 0 Å². The predicted octanol–water partition coefficient (Wildman–Crippen LogP) is 10.6. The van der Waals surface area contributed by atoms with Gasteiger partial charge in [0.15, 0.2) is 0 Å². The maximum atomic E-state index is 6.83. The molecule has 0 spiro atoms. The minimum Gasteiger partial charge on any atom is -0.331 e. The summed E-state index contributed by atoms with van der Waals surface area (Å²) >= 11 is 10.7. The van der Waals surface area contributed by atoms with Crippen LogP contribution in [0.25, 0.3) is 6.08 Å². The Labute approximate surface area is 236 Å². The lowest BCUT2D eigenvalue weighted by atomic mass is 9.82. The van der Waals surface area contributed by atoms with E-state index in [9.17, 15) is 0 Å². The second-order valence-corrected chi connectivity index (χ2v) is 10.9. The molecule has 0 fully saturated rings. The van der Waals surface area contributed by atoms with Gasteiger partial charge in [0.1, 0.15) is 0 Å². The van der Waals surface area contributed by atoms with Gasteiger partial charge in [-0.05, 0) is 65.7 Å². The quantitative estimate of drug-likeness (QED) is 0.210. The van der Waals surface area contributed by atoms with E-state index in [0.717, 1.165) is 32.2 Å². The normalized spacial score (nSPS) is 17.1. The molecule has 2 atom stereocenters. The summed E-state index contributed by atoms with van der Waals surface area (Å²) in [6.45, 7) is 0. The zero-order chi connectivity index (χ0) is 25.6. The van der Waals surface area contributed by atoms with Crippen LogP contribution in [0.5, 0.6) is 0 Å². The third kappa shape index (κ3) is 3.69. The molecule has 7 rings (SSSR count). The van der Waals surface area contributed by atoms with E-state index in [-0.39, 0.29) is 12.0 Å². The average Bonchev–Trinajstić information content (AvgIpc) is 3.31. The lowest BCUT2D eigenvalue weighted by Crippen LogP contribution is -2.25. The first-order valence-electron chi connectivity index (χ1n) is 12.8. The van der Waals surface area contributed by atoms with Gasteiger partial charge in [-0.3, -0.25) is 0 Å². The molecule has 5 aromatic rings. The zero-order valence-electron chi connectivity index (χ0n) is 20.5. The third-order valence-corrected chi connectivity index (χ3v) is 8.54. The van der Waals surface area contributed by atoms with E-state index in [0.29, 0.717) is 0 Å². The van der Waals surface area contributed by atoms with Crippen LogP contribution in [0.3, 0.4) is 0 Å². The van der Waals surface area contributed by atoms with Crippen LogP contribution in [0.1, 0.15) is 28.7 Å². The number of rotatable bonds is 4. The molecule has 0 N–H and O–H groups in total. The van der Waals surface area contributed by atoms with Crippen molar-refractivity contribution < 1.29 is 0 Å². The molecule has 1 aliphatic carbocycles. The average molecular weight is 576 g/mol. The van der Waals surface area contributed by atoms with Crippen LogP contribution in [0.2, 0.25) is 5.02 Å². The Bertz CT molecular complexity index is 1630. The van der Waals surface area contributed by atoms with Crippen LogP contribution >= 0.6 is 27.5 Å². The summed E-state index contributed by atoms with van der Waals surface area (Å²) in [5.74, 6) is 0.196. The van der Waals surface area contributed by atoms with Crippen molar-refractivity contribution in [2.45, 2.75) is 12.0 Å². The maximum absolute atomic E-state index is 6.83. The van der Waals surface area contributed by atoms with Crippen LogP contribution in [-0.4, -0.2) is 0 Å². The molecule has 2 aliphatic rings. The van der Waals surface area contributed by atoms with Crippen molar-refractivity contribution in [1.82, 2.24) is 0 Å². The van der Waals surface area contributed by atoms with E-state index < -0.39 is 0 Å². The van der Waals surface area contributed by atoms with Crippen LogP contribution in [0.4, 0.5) is 28.4 Å². The molecule has 0 radical (unpaired) electrons. The molecule has 5 aromatic carbocycles. The summed E-state index contributed by atoms with van der Waals surface area (Å²) in [4.78, 5) is 4.77. The number of benzene rings is 5. The largest absolute Gasteiger partial charge is 0.331 e. The van der Waals surface area contributed by atoms with Gasteiger partial charge in [-0.2, -0.15) is 0 Å². The van der Waals surface area contributed by atoms with Gasteiger partial charge in [-0.25, -0.2) is 0 Å². The Morgan fingerprint density at radius 2 is 1.29 bits per heavy atom. The molecule has 0 saturated heterocycles. The van der Waals surface area contributed by atoms with E-state index >= 15 is 0 Å². The molecule has 4 heteroatoms. The molecule has 38 heavy (non-hydrogen) atoms. The number of fused-ring (bicyclic) bond motifs is 5. The summed E-state index contributed by atoms with van der Waals surface area (Å²) in [6, 6.07) is 42.5. The number of hydrogen-bond acceptors (Lipinski definition) is 2. The van der Waals surface area contributed by atoms with Crippen molar-refractivity contribution in [2.24, 2.45) is 0 Å². The number of halogens is 2. The summed E-state index contributed by atoms with van der Waals surface area (Å²) in [5.41, 5.74) is 9.43. The highest BCUT2D eigenvalue weighted by atomic mass is 79.9. The minimum absolute atomic E-state index is 0.0805. The van der Waals surface area contributed by atoms with Gasteiger partial charge in [0.2, 0.25) is 0 Å². The fourth-order valence-corrected chi connectivity index (χ4v) is 6.83. The van der Waals surface area contributed by atoms with Crippen molar-refractivity contribution >= 4 is 62.0 Å². The van der Waals surface area contributed by atoms with E-state index in [2.05, 4.69) is 147 Å². The minimum atomic E-state index is 0.0805. The molecule has 0 aromatic heterocycles. The van der Waals surface area contributed by atoms with E-state index in [1.54, 1.807) is 0 Å². The molecular weight excluding hydrogens is 552 g/mol. The first-order valence-corrected chi connectivity index (χ1v) is 13.9. The first-order chi connectivity index (χ1) is 18.7. The van der Waals surface area contributed by atoms with Crippen LogP contribution in [0, 0.1) is 0 Å². The smallest absolute Gasteiger partial charge is 0.0703 e. The van der Waals surface area contributed by atoms with Crippen molar-refractivity contribution in [1.29, 1.82) is 0 Å². The highest BCUT2D eigenvalue weighted by molar-refractivity contribution is 9.10. The van der Waals surface area contributed by atoms with Crippen molar-refractivity contribution in [2.75, 3.05) is 9.80 Å². The van der Waals surface area contributed by atoms with Gasteiger partial charge in [0, 0.05) is 33.0 Å². The Hall–Kier alpha value is -3.79. The molecule has 0 amide bonds. The van der Waals surface area contributed by atoms with E-state index in [1.807, 2.05) is 12.1 Å². The predicted molar refractivity (Wildman–Crippen MR) is 163 cm³/mol. The van der Waals surface area contributed by atoms with Gasteiger partial charge in [0.25, 0.3) is 0 Å². The molecule has 1 aliphatic heterocycles. The fourth-order valence-electron chi connectivity index (χ4n) is 5.98. The van der Waals surface area contributed by atoms with Gasteiger partial charge in [-0.1, -0.05) is 106 Å². The number of anilines is 5. The summed E-state index contributed by atoms with van der Waals surface area (Å²) in [5, 5.41) is 0.751. The highest BCUT2D eigenvalue weighted by Gasteiger charge is 2.43. The molecule has 1 heterocycles. The monoisotopic (exact) mass is 574 g/mol. The third-order valence-electron chi connectivity index (χ3n) is 7.53. The SMILES string of the molecule is Clc1ccccc1N1c2cccc(Br)c2C2C=Cc3c(cccc3N(c3ccccc3)c3ccccc3)C21. The lowest BCUT2D eigenvalue weighted by molar-refractivity contribution is 0.666. The van der Waals surface area contributed by atoms with Crippen molar-refractivity contribution in [3.63, 3.8) is 0 Å². The molecule has 184 valence electrons. The Morgan fingerprint density at radius 1 is 0.658 bits per heavy atom. The van der Waals surface area contributed by atoms with Crippen LogP contribution < -0.4 is 9.80 Å². The molecule has 0 saturated carbocycles. The van der Waals surface area contributed by atoms with E-state index in [4.69, 9.17) is 11.6 Å². The molecule has 0 bridgehead atoms. The van der Waals surface area contributed by atoms with Crippen molar-refractivity contribution in [3.05, 3.63) is 154 Å². The van der Waals surface area contributed by atoms with Crippen LogP contribution in [0.15, 0.2) is 132 Å². The molecule has 2 nitrogen and oxygen atoms in total. The second-order valence-electron chi connectivity index (χ2n) is 9.61. The Morgan fingerprint density at radius 3 is 2.00 bits per heavy atom. The van der Waals surface area contributed by atoms with Crippen LogP contribution in [-0.2, 0) is 0 Å². The first kappa shape index (κ1) is 23.3. The second kappa shape index (κ2) is 9.50. The number of para-hydroxylation sites is 3. The lowest BCUT2D eigenvalue weighted by Gasteiger charge is -2.36. The standard InChI is InChI=1S/C34H24BrClN2/c35-28-16-10-20-32-33(28)27-22-21-25-26(34(27)38(32)31-18-8-7-17-29(31)36)15-9-19-30(25)37(23-11-3-1-4-12-23)24-13-5-2-6-14-24/h1-22,27,34H. The zero-order valence-corrected chi connectivity index (χ0v) is 22.8. The topological polar surface area (TPSA) is 6.48 Å². The maximum Gasteiger partial charge on any atom is 0.0703 e. The molecular formula is C34H24BrClN2. The van der Waals surface area contributed by atoms with Gasteiger partial charge in [-0.15, -0.1) is 0 Å². The summed E-state index contributed by atoms with van der Waals surface area (Å²) < 4.78 is 1.12. The van der Waals surface area contributed by atoms with Gasteiger partial charge in [0.05, 0.1) is 22.4 Å². The Kier molecular flexibility index (Phi) is 5.84.